The van der Waals surface area contributed by atoms with Crippen molar-refractivity contribution < 1.29 is 21.6 Å². The van der Waals surface area contributed by atoms with Crippen molar-refractivity contribution in [2.24, 2.45) is 0 Å². The minimum atomic E-state index is -4.51. The Hall–Kier alpha value is -0.390. The van der Waals surface area contributed by atoms with Gasteiger partial charge in [0.15, 0.2) is 0 Å². The van der Waals surface area contributed by atoms with Crippen LogP contribution >= 0.6 is 22.9 Å². The second-order valence-corrected chi connectivity index (χ2v) is 8.46. The highest BCUT2D eigenvalue weighted by Crippen LogP contribution is 2.27. The van der Waals surface area contributed by atoms with Gasteiger partial charge in [-0.1, -0.05) is 11.6 Å². The predicted octanol–water partition coefficient (Wildman–Crippen LogP) is 1.52. The molecule has 0 bridgehead atoms. The van der Waals surface area contributed by atoms with Crippen LogP contribution in [0.4, 0.5) is 13.2 Å². The molecule has 1 aromatic rings. The lowest BCUT2D eigenvalue weighted by atomic mass is 10.2. The predicted molar refractivity (Wildman–Crippen MR) is 78.8 cm³/mol. The smallest absolute Gasteiger partial charge is 0.314 e. The normalized spacial score (nSPS) is 19.3. The fourth-order valence-electron chi connectivity index (χ4n) is 2.15. The Morgan fingerprint density at radius 2 is 2.00 bits per heavy atom. The zero-order valence-electron chi connectivity index (χ0n) is 11.4. The molecule has 11 heteroatoms. The maximum absolute atomic E-state index is 13.2. The molecule has 5 nitrogen and oxygen atoms in total. The first kappa shape index (κ1) is 18.0. The average Bonchev–Trinajstić information content (AvgIpc) is 2.86. The molecule has 0 spiro atoms. The minimum Gasteiger partial charge on any atom is -0.314 e. The number of halogens is 4. The summed E-state index contributed by atoms with van der Waals surface area (Å²) in [6.07, 6.45) is -4.51. The van der Waals surface area contributed by atoms with Crippen LogP contribution in [0.2, 0.25) is 4.34 Å². The number of hydrogen-bond donors (Lipinski definition) is 2. The van der Waals surface area contributed by atoms with Gasteiger partial charge < -0.3 is 5.32 Å². The Morgan fingerprint density at radius 3 is 2.50 bits per heavy atom. The van der Waals surface area contributed by atoms with Gasteiger partial charge in [0.2, 0.25) is 10.0 Å². The van der Waals surface area contributed by atoms with Gasteiger partial charge in [0.1, 0.15) is 10.3 Å². The highest BCUT2D eigenvalue weighted by atomic mass is 35.5. The number of thiophene rings is 1. The van der Waals surface area contributed by atoms with Crippen molar-refractivity contribution in [3.63, 3.8) is 0 Å². The van der Waals surface area contributed by atoms with E-state index in [1.165, 1.54) is 17.0 Å². The van der Waals surface area contributed by atoms with E-state index in [1.807, 2.05) is 4.72 Å². The Balaban J connectivity index is 2.07. The Bertz CT molecular complexity index is 600. The number of nitrogens with zero attached hydrogens (tertiary/aromatic N) is 1. The third-order valence-electron chi connectivity index (χ3n) is 3.25. The molecule has 0 radical (unpaired) electrons. The molecule has 126 valence electrons. The minimum absolute atomic E-state index is 0.0984. The molecule has 1 fully saturated rings. The molecule has 1 unspecified atom stereocenters. The fraction of sp³-hybridized carbons (Fsp3) is 0.636. The van der Waals surface area contributed by atoms with Crippen LogP contribution in [0, 0.1) is 0 Å². The molecule has 22 heavy (non-hydrogen) atoms. The van der Waals surface area contributed by atoms with E-state index in [2.05, 4.69) is 5.32 Å². The van der Waals surface area contributed by atoms with Crippen LogP contribution < -0.4 is 10.0 Å². The van der Waals surface area contributed by atoms with Gasteiger partial charge in [-0.3, -0.25) is 4.90 Å². The number of nitrogens with one attached hydrogen (secondary N) is 2. The summed E-state index contributed by atoms with van der Waals surface area (Å²) in [4.78, 5) is 1.24. The quantitative estimate of drug-likeness (QED) is 0.816. The summed E-state index contributed by atoms with van der Waals surface area (Å²) in [6.45, 7) is 0.606. The first-order valence-electron chi connectivity index (χ1n) is 6.46. The summed E-state index contributed by atoms with van der Waals surface area (Å²) in [7, 11) is -3.99. The van der Waals surface area contributed by atoms with E-state index >= 15 is 0 Å². The Morgan fingerprint density at radius 1 is 1.36 bits per heavy atom. The zero-order chi connectivity index (χ0) is 16.4. The van der Waals surface area contributed by atoms with Crippen molar-refractivity contribution in [2.75, 3.05) is 32.7 Å². The first-order chi connectivity index (χ1) is 10.2. The molecule has 1 atom stereocenters. The van der Waals surface area contributed by atoms with Crippen LogP contribution in [0.3, 0.4) is 0 Å². The number of hydrogen-bond acceptors (Lipinski definition) is 5. The average molecular weight is 378 g/mol. The van der Waals surface area contributed by atoms with Gasteiger partial charge in [-0.2, -0.15) is 13.2 Å². The Labute approximate surface area is 135 Å². The van der Waals surface area contributed by atoms with Crippen LogP contribution in [-0.2, 0) is 10.0 Å². The lowest BCUT2D eigenvalue weighted by molar-refractivity contribution is -0.182. The van der Waals surface area contributed by atoms with Crippen molar-refractivity contribution in [2.45, 2.75) is 16.4 Å². The van der Waals surface area contributed by atoms with Gasteiger partial charge >= 0.3 is 6.18 Å². The number of alkyl halides is 3. The van der Waals surface area contributed by atoms with E-state index in [1.54, 1.807) is 0 Å². The van der Waals surface area contributed by atoms with Gasteiger partial charge in [-0.05, 0) is 12.1 Å². The van der Waals surface area contributed by atoms with Crippen LogP contribution in [-0.4, -0.2) is 58.3 Å². The topological polar surface area (TPSA) is 61.4 Å². The summed E-state index contributed by atoms with van der Waals surface area (Å²) in [5, 5.41) is 2.96. The summed E-state index contributed by atoms with van der Waals surface area (Å²) in [5.74, 6) is 0. The molecule has 0 amide bonds. The third kappa shape index (κ3) is 4.56. The molecule has 1 aliphatic rings. The molecule has 0 aliphatic carbocycles. The van der Waals surface area contributed by atoms with Gasteiger partial charge in [0.25, 0.3) is 0 Å². The summed E-state index contributed by atoms with van der Waals surface area (Å²) in [6, 6.07) is 0.806. The van der Waals surface area contributed by atoms with Gasteiger partial charge in [0.05, 0.1) is 4.34 Å². The van der Waals surface area contributed by atoms with Crippen LogP contribution in [0.5, 0.6) is 0 Å². The molecular weight excluding hydrogens is 363 g/mol. The van der Waals surface area contributed by atoms with E-state index < -0.39 is 28.8 Å². The zero-order valence-corrected chi connectivity index (χ0v) is 13.7. The van der Waals surface area contributed by atoms with Crippen molar-refractivity contribution in [1.82, 2.24) is 14.9 Å². The second-order valence-electron chi connectivity index (χ2n) is 4.75. The van der Waals surface area contributed by atoms with Crippen molar-refractivity contribution in [3.8, 4) is 0 Å². The van der Waals surface area contributed by atoms with Gasteiger partial charge in [-0.15, -0.1) is 11.3 Å². The molecule has 2 N–H and O–H groups in total. The summed E-state index contributed by atoms with van der Waals surface area (Å²) in [5.41, 5.74) is 0. The molecule has 0 saturated carbocycles. The second kappa shape index (κ2) is 7.02. The third-order valence-corrected chi connectivity index (χ3v) is 6.40. The van der Waals surface area contributed by atoms with E-state index in [0.717, 1.165) is 11.3 Å². The largest absolute Gasteiger partial charge is 0.405 e. The van der Waals surface area contributed by atoms with Gasteiger partial charge in [-0.25, -0.2) is 13.1 Å². The summed E-state index contributed by atoms with van der Waals surface area (Å²) < 4.78 is 65.7. The van der Waals surface area contributed by atoms with E-state index in [-0.39, 0.29) is 21.6 Å². The van der Waals surface area contributed by atoms with Crippen molar-refractivity contribution >= 4 is 33.0 Å². The van der Waals surface area contributed by atoms with Crippen LogP contribution in [0.15, 0.2) is 16.3 Å². The molecule has 1 saturated heterocycles. The number of piperazine rings is 1. The monoisotopic (exact) mass is 377 g/mol. The van der Waals surface area contributed by atoms with Crippen molar-refractivity contribution in [3.05, 3.63) is 16.5 Å². The number of sulfonamides is 1. The van der Waals surface area contributed by atoms with Gasteiger partial charge in [0, 0.05) is 32.7 Å². The molecule has 1 aromatic heterocycles. The highest BCUT2D eigenvalue weighted by Gasteiger charge is 2.44. The maximum atomic E-state index is 13.2. The maximum Gasteiger partial charge on any atom is 0.405 e. The molecule has 0 aromatic carbocycles. The Kier molecular flexibility index (Phi) is 5.73. The lowest BCUT2D eigenvalue weighted by Crippen LogP contribution is -2.57. The van der Waals surface area contributed by atoms with Crippen LogP contribution in [0.1, 0.15) is 0 Å². The van der Waals surface area contributed by atoms with E-state index in [0.29, 0.717) is 13.1 Å². The molecule has 1 aliphatic heterocycles. The number of rotatable bonds is 5. The van der Waals surface area contributed by atoms with E-state index in [9.17, 15) is 21.6 Å². The first-order valence-corrected chi connectivity index (χ1v) is 9.14. The highest BCUT2D eigenvalue weighted by molar-refractivity contribution is 7.91. The molecule has 2 heterocycles. The van der Waals surface area contributed by atoms with Crippen molar-refractivity contribution in [1.29, 1.82) is 0 Å². The molecular formula is C11H15ClF3N3O2S2. The van der Waals surface area contributed by atoms with E-state index in [4.69, 9.17) is 11.6 Å². The summed E-state index contributed by atoms with van der Waals surface area (Å²) >= 11 is 6.45. The lowest BCUT2D eigenvalue weighted by Gasteiger charge is -2.35. The van der Waals surface area contributed by atoms with Crippen LogP contribution in [0.25, 0.3) is 0 Å². The fourth-order valence-corrected chi connectivity index (χ4v) is 4.71. The molecule has 2 rings (SSSR count). The SMILES string of the molecule is O=S(=O)(NCC(N1CCNCC1)C(F)(F)F)c1ccc(Cl)s1. The standard InChI is InChI=1S/C11H15ClF3N3O2S2/c12-9-1-2-10(21-9)22(19,20)17-7-8(11(13,14)15)18-5-3-16-4-6-18/h1-2,8,16-17H,3-7H2.